The highest BCUT2D eigenvalue weighted by atomic mass is 16.5. The first-order valence-corrected chi connectivity index (χ1v) is 17.2. The van der Waals surface area contributed by atoms with Crippen molar-refractivity contribution in [3.8, 4) is 50.6 Å². The maximum Gasteiger partial charge on any atom is 0.135 e. The lowest BCUT2D eigenvalue weighted by Crippen LogP contribution is -1.97. The second-order valence-electron chi connectivity index (χ2n) is 13.3. The molecule has 11 rings (SSSR count). The van der Waals surface area contributed by atoms with Crippen LogP contribution in [-0.4, -0.2) is 4.57 Å². The minimum atomic E-state index is 0.904. The Balaban J connectivity index is 0.983. The number of ether oxygens (including phenoxy) is 1. The largest absolute Gasteiger partial charge is 0.456 e. The van der Waals surface area contributed by atoms with Crippen LogP contribution in [0.4, 0.5) is 0 Å². The second-order valence-corrected chi connectivity index (χ2v) is 13.3. The van der Waals surface area contributed by atoms with E-state index in [1.807, 2.05) is 0 Å². The summed E-state index contributed by atoms with van der Waals surface area (Å²) in [5.74, 6) is 1.83. The molecule has 2 heterocycles. The molecule has 0 unspecified atom stereocenters. The van der Waals surface area contributed by atoms with Gasteiger partial charge in [0.2, 0.25) is 0 Å². The molecule has 0 aliphatic carbocycles. The Morgan fingerprint density at radius 2 is 1.00 bits per heavy atom. The molecular formula is C48H29NO. The van der Waals surface area contributed by atoms with Crippen molar-refractivity contribution in [3.63, 3.8) is 0 Å². The summed E-state index contributed by atoms with van der Waals surface area (Å²) in [5.41, 5.74) is 10.7. The molecule has 1 aliphatic heterocycles. The zero-order valence-corrected chi connectivity index (χ0v) is 27.1. The lowest BCUT2D eigenvalue weighted by atomic mass is 9.92. The first-order chi connectivity index (χ1) is 24.8. The molecule has 0 saturated heterocycles. The maximum atomic E-state index is 6.34. The normalized spacial score (nSPS) is 12.2. The molecule has 0 saturated carbocycles. The van der Waals surface area contributed by atoms with Gasteiger partial charge in [-0.05, 0) is 91.8 Å². The molecular weight excluding hydrogens is 607 g/mol. The lowest BCUT2D eigenvalue weighted by molar-refractivity contribution is 0.487. The van der Waals surface area contributed by atoms with E-state index in [0.717, 1.165) is 22.7 Å². The number of aromatic nitrogens is 1. The van der Waals surface area contributed by atoms with Gasteiger partial charge in [0.1, 0.15) is 11.5 Å². The minimum absolute atomic E-state index is 0.904. The second kappa shape index (κ2) is 10.4. The molecule has 2 heteroatoms. The van der Waals surface area contributed by atoms with E-state index in [1.54, 1.807) is 0 Å². The Morgan fingerprint density at radius 3 is 1.80 bits per heavy atom. The molecule has 1 aliphatic rings. The third-order valence-corrected chi connectivity index (χ3v) is 10.6. The van der Waals surface area contributed by atoms with E-state index < -0.39 is 0 Å². The molecule has 0 bridgehead atoms. The van der Waals surface area contributed by atoms with Gasteiger partial charge in [0.05, 0.1) is 11.0 Å². The first-order valence-electron chi connectivity index (χ1n) is 17.2. The fourth-order valence-electron chi connectivity index (χ4n) is 8.13. The zero-order chi connectivity index (χ0) is 32.8. The predicted octanol–water partition coefficient (Wildman–Crippen LogP) is 13.3. The number of benzene rings is 9. The molecule has 0 N–H and O–H groups in total. The topological polar surface area (TPSA) is 14.2 Å². The van der Waals surface area contributed by atoms with Crippen LogP contribution in [0, 0.1) is 0 Å². The van der Waals surface area contributed by atoms with Crippen LogP contribution in [-0.2, 0) is 0 Å². The summed E-state index contributed by atoms with van der Waals surface area (Å²) in [4.78, 5) is 0. The van der Waals surface area contributed by atoms with Crippen LogP contribution in [0.15, 0.2) is 176 Å². The van der Waals surface area contributed by atoms with E-state index in [-0.39, 0.29) is 0 Å². The van der Waals surface area contributed by atoms with E-state index in [1.165, 1.54) is 81.9 Å². The highest BCUT2D eigenvalue weighted by molar-refractivity contribution is 6.20. The minimum Gasteiger partial charge on any atom is -0.456 e. The Morgan fingerprint density at radius 1 is 0.360 bits per heavy atom. The van der Waals surface area contributed by atoms with Gasteiger partial charge in [-0.2, -0.15) is 0 Å². The number of nitrogens with zero attached hydrogens (tertiary/aromatic N) is 1. The highest BCUT2D eigenvalue weighted by Crippen LogP contribution is 2.47. The van der Waals surface area contributed by atoms with Crippen LogP contribution in [0.2, 0.25) is 0 Å². The molecule has 2 nitrogen and oxygen atoms in total. The van der Waals surface area contributed by atoms with Gasteiger partial charge in [0.15, 0.2) is 0 Å². The summed E-state index contributed by atoms with van der Waals surface area (Å²) in [6.45, 7) is 0. The van der Waals surface area contributed by atoms with Gasteiger partial charge in [-0.3, -0.25) is 0 Å². The summed E-state index contributed by atoms with van der Waals surface area (Å²) >= 11 is 0. The SMILES string of the molecule is c1ccc2cc3c(cc2c1)c1ccc2ccccc2c1n3-c1ccc(-c2ccc(-c3ccc4c(c3)-c3cccc5cccc(c35)O4)cc2)cc1. The average Bonchev–Trinajstić information content (AvgIpc) is 3.51. The van der Waals surface area contributed by atoms with Gasteiger partial charge < -0.3 is 9.30 Å². The van der Waals surface area contributed by atoms with Crippen molar-refractivity contribution < 1.29 is 4.74 Å². The van der Waals surface area contributed by atoms with Crippen LogP contribution < -0.4 is 4.74 Å². The summed E-state index contributed by atoms with van der Waals surface area (Å²) in [7, 11) is 0. The first kappa shape index (κ1) is 27.3. The number of hydrogen-bond acceptors (Lipinski definition) is 1. The molecule has 0 spiro atoms. The standard InChI is InChI=1S/C48H29NO/c1-2-9-36-29-44-42(27-35(36)8-1)41-25-21-33-7-3-4-12-39(33)48(41)49(44)38-23-19-31(20-24-38)30-15-17-32(18-16-30)37-22-26-45-43(28-37)40-13-5-10-34-11-6-14-46(50-45)47(34)40/h1-29H. The summed E-state index contributed by atoms with van der Waals surface area (Å²) in [6.07, 6.45) is 0. The van der Waals surface area contributed by atoms with E-state index in [4.69, 9.17) is 4.74 Å². The number of fused-ring (bicyclic) bond motifs is 8. The van der Waals surface area contributed by atoms with Crippen LogP contribution in [0.1, 0.15) is 0 Å². The van der Waals surface area contributed by atoms with Crippen LogP contribution in [0.25, 0.3) is 93.2 Å². The molecule has 0 radical (unpaired) electrons. The van der Waals surface area contributed by atoms with Crippen molar-refractivity contribution in [1.29, 1.82) is 0 Å². The summed E-state index contributed by atoms with van der Waals surface area (Å²) < 4.78 is 8.79. The molecule has 0 amide bonds. The predicted molar refractivity (Wildman–Crippen MR) is 210 cm³/mol. The van der Waals surface area contributed by atoms with Gasteiger partial charge >= 0.3 is 0 Å². The molecule has 0 atom stereocenters. The molecule has 232 valence electrons. The van der Waals surface area contributed by atoms with Crippen molar-refractivity contribution in [1.82, 2.24) is 4.57 Å². The van der Waals surface area contributed by atoms with E-state index in [0.29, 0.717) is 0 Å². The fraction of sp³-hybridized carbons (Fsp3) is 0. The third kappa shape index (κ3) is 4.03. The highest BCUT2D eigenvalue weighted by Gasteiger charge is 2.20. The van der Waals surface area contributed by atoms with Crippen LogP contribution in [0.5, 0.6) is 11.5 Å². The average molecular weight is 636 g/mol. The van der Waals surface area contributed by atoms with Crippen molar-refractivity contribution in [2.45, 2.75) is 0 Å². The van der Waals surface area contributed by atoms with Gasteiger partial charge in [-0.1, -0.05) is 133 Å². The van der Waals surface area contributed by atoms with Gasteiger partial charge in [-0.25, -0.2) is 0 Å². The van der Waals surface area contributed by atoms with Gasteiger partial charge in [0.25, 0.3) is 0 Å². The number of rotatable bonds is 3. The van der Waals surface area contributed by atoms with Crippen LogP contribution >= 0.6 is 0 Å². The van der Waals surface area contributed by atoms with E-state index in [2.05, 4.69) is 180 Å². The fourth-order valence-corrected chi connectivity index (χ4v) is 8.13. The molecule has 0 fully saturated rings. The Labute approximate surface area is 289 Å². The summed E-state index contributed by atoms with van der Waals surface area (Å²) in [5, 5.41) is 9.96. The van der Waals surface area contributed by atoms with E-state index >= 15 is 0 Å². The van der Waals surface area contributed by atoms with Gasteiger partial charge in [-0.15, -0.1) is 0 Å². The molecule has 9 aromatic carbocycles. The lowest BCUT2D eigenvalue weighted by Gasteiger charge is -2.22. The quantitative estimate of drug-likeness (QED) is 0.188. The van der Waals surface area contributed by atoms with Crippen molar-refractivity contribution in [2.75, 3.05) is 0 Å². The molecule has 10 aromatic rings. The Bertz CT molecular complexity index is 2980. The zero-order valence-electron chi connectivity index (χ0n) is 27.1. The third-order valence-electron chi connectivity index (χ3n) is 10.6. The monoisotopic (exact) mass is 635 g/mol. The smallest absolute Gasteiger partial charge is 0.135 e. The van der Waals surface area contributed by atoms with E-state index in [9.17, 15) is 0 Å². The molecule has 1 aromatic heterocycles. The molecule has 50 heavy (non-hydrogen) atoms. The van der Waals surface area contributed by atoms with Crippen molar-refractivity contribution in [2.24, 2.45) is 0 Å². The van der Waals surface area contributed by atoms with Crippen molar-refractivity contribution >= 4 is 54.1 Å². The van der Waals surface area contributed by atoms with Crippen molar-refractivity contribution in [3.05, 3.63) is 176 Å². The number of hydrogen-bond donors (Lipinski definition) is 0. The van der Waals surface area contributed by atoms with Gasteiger partial charge in [0, 0.05) is 32.8 Å². The Kier molecular flexibility index (Phi) is 5.70. The Hall–Kier alpha value is -6.64. The van der Waals surface area contributed by atoms with Crippen LogP contribution in [0.3, 0.4) is 0 Å². The maximum absolute atomic E-state index is 6.34. The summed E-state index contributed by atoms with van der Waals surface area (Å²) in [6, 6.07) is 63.9.